The van der Waals surface area contributed by atoms with E-state index in [1.165, 1.54) is 0 Å². The second-order valence-electron chi connectivity index (χ2n) is 2.79. The van der Waals surface area contributed by atoms with Crippen LogP contribution < -0.4 is 15.8 Å². The van der Waals surface area contributed by atoms with Crippen LogP contribution in [0.15, 0.2) is 6.07 Å². The highest BCUT2D eigenvalue weighted by molar-refractivity contribution is 5.38. The lowest BCUT2D eigenvalue weighted by atomic mass is 10.5. The molecule has 0 bridgehead atoms. The lowest BCUT2D eigenvalue weighted by Crippen LogP contribution is -2.14. The number of rotatable bonds is 5. The molecule has 1 aromatic rings. The molecule has 1 heterocycles. The summed E-state index contributed by atoms with van der Waals surface area (Å²) in [5.41, 5.74) is 5.37. The third kappa shape index (κ3) is 3.18. The van der Waals surface area contributed by atoms with Gasteiger partial charge >= 0.3 is 0 Å². The number of nitrogens with one attached hydrogen (secondary N) is 1. The van der Waals surface area contributed by atoms with Crippen LogP contribution in [0.1, 0.15) is 12.7 Å². The van der Waals surface area contributed by atoms with Crippen molar-refractivity contribution in [3.8, 4) is 5.88 Å². The number of hydrogen-bond acceptors (Lipinski definition) is 5. The van der Waals surface area contributed by atoms with Gasteiger partial charge in [-0.05, 0) is 13.8 Å². The van der Waals surface area contributed by atoms with E-state index in [4.69, 9.17) is 10.5 Å². The quantitative estimate of drug-likeness (QED) is 0.719. The Hall–Kier alpha value is -1.36. The normalized spacial score (nSPS) is 9.93. The summed E-state index contributed by atoms with van der Waals surface area (Å²) in [6.45, 7) is 5.63. The number of anilines is 1. The zero-order chi connectivity index (χ0) is 10.4. The lowest BCUT2D eigenvalue weighted by Gasteiger charge is -2.07. The molecule has 0 aliphatic rings. The Labute approximate surface area is 83.7 Å². The van der Waals surface area contributed by atoms with Crippen molar-refractivity contribution in [2.45, 2.75) is 13.8 Å². The first-order valence-electron chi connectivity index (χ1n) is 4.68. The minimum atomic E-state index is 0.576. The average Bonchev–Trinajstić information content (AvgIpc) is 2.14. The van der Waals surface area contributed by atoms with E-state index in [2.05, 4.69) is 15.3 Å². The number of nitrogens with zero attached hydrogens (tertiary/aromatic N) is 2. The summed E-state index contributed by atoms with van der Waals surface area (Å²) < 4.78 is 5.28. The highest BCUT2D eigenvalue weighted by Gasteiger charge is 2.00. The van der Waals surface area contributed by atoms with Crippen LogP contribution in [-0.2, 0) is 0 Å². The van der Waals surface area contributed by atoms with Crippen LogP contribution in [0.2, 0.25) is 0 Å². The lowest BCUT2D eigenvalue weighted by molar-refractivity contribution is 0.325. The summed E-state index contributed by atoms with van der Waals surface area (Å²) in [6.07, 6.45) is 0. The smallest absolute Gasteiger partial charge is 0.218 e. The Morgan fingerprint density at radius 2 is 2.29 bits per heavy atom. The number of aromatic nitrogens is 2. The van der Waals surface area contributed by atoms with Gasteiger partial charge in [-0.3, -0.25) is 0 Å². The van der Waals surface area contributed by atoms with Crippen molar-refractivity contribution in [1.82, 2.24) is 9.97 Å². The molecule has 0 atom stereocenters. The van der Waals surface area contributed by atoms with E-state index in [1.807, 2.05) is 13.8 Å². The van der Waals surface area contributed by atoms with Crippen LogP contribution in [0.5, 0.6) is 5.88 Å². The van der Waals surface area contributed by atoms with Gasteiger partial charge < -0.3 is 15.8 Å². The zero-order valence-electron chi connectivity index (χ0n) is 8.58. The summed E-state index contributed by atoms with van der Waals surface area (Å²) in [7, 11) is 0. The molecule has 78 valence electrons. The van der Waals surface area contributed by atoms with Gasteiger partial charge in [-0.1, -0.05) is 0 Å². The first-order chi connectivity index (χ1) is 6.76. The van der Waals surface area contributed by atoms with Crippen molar-refractivity contribution in [3.63, 3.8) is 0 Å². The Bertz CT molecular complexity index is 290. The van der Waals surface area contributed by atoms with Gasteiger partial charge in [-0.25, -0.2) is 4.98 Å². The number of nitrogens with two attached hydrogens (primary N) is 1. The maximum absolute atomic E-state index is 5.37. The largest absolute Gasteiger partial charge is 0.478 e. The molecule has 0 spiro atoms. The predicted molar refractivity (Wildman–Crippen MR) is 55.5 cm³/mol. The van der Waals surface area contributed by atoms with Crippen molar-refractivity contribution < 1.29 is 4.74 Å². The van der Waals surface area contributed by atoms with Gasteiger partial charge in [0.1, 0.15) is 11.6 Å². The predicted octanol–water partition coefficient (Wildman–Crippen LogP) is 0.554. The SMILES string of the molecule is CCOc1cc(NCCN)nc(C)n1. The van der Waals surface area contributed by atoms with Crippen LogP contribution in [0.3, 0.4) is 0 Å². The Morgan fingerprint density at radius 3 is 2.93 bits per heavy atom. The van der Waals surface area contributed by atoms with Gasteiger partial charge in [-0.2, -0.15) is 4.98 Å². The van der Waals surface area contributed by atoms with Crippen molar-refractivity contribution in [2.24, 2.45) is 5.73 Å². The van der Waals surface area contributed by atoms with Crippen molar-refractivity contribution >= 4 is 5.82 Å². The van der Waals surface area contributed by atoms with Crippen molar-refractivity contribution in [3.05, 3.63) is 11.9 Å². The fourth-order valence-corrected chi connectivity index (χ4v) is 1.05. The average molecular weight is 196 g/mol. The van der Waals surface area contributed by atoms with Gasteiger partial charge in [0, 0.05) is 19.2 Å². The molecular weight excluding hydrogens is 180 g/mol. The summed E-state index contributed by atoms with van der Waals surface area (Å²) in [6, 6.07) is 1.77. The molecule has 0 unspecified atom stereocenters. The zero-order valence-corrected chi connectivity index (χ0v) is 8.58. The van der Waals surface area contributed by atoms with E-state index in [-0.39, 0.29) is 0 Å². The van der Waals surface area contributed by atoms with Crippen molar-refractivity contribution in [2.75, 3.05) is 25.0 Å². The summed E-state index contributed by atoms with van der Waals surface area (Å²) in [5.74, 6) is 2.04. The molecule has 0 aliphatic carbocycles. The summed E-state index contributed by atoms with van der Waals surface area (Å²) in [5, 5.41) is 3.08. The van der Waals surface area contributed by atoms with E-state index in [0.717, 1.165) is 5.82 Å². The highest BCUT2D eigenvalue weighted by Crippen LogP contribution is 2.12. The first kappa shape index (κ1) is 10.7. The number of aryl methyl sites for hydroxylation is 1. The monoisotopic (exact) mass is 196 g/mol. The van der Waals surface area contributed by atoms with Gasteiger partial charge in [0.25, 0.3) is 0 Å². The van der Waals surface area contributed by atoms with Gasteiger partial charge in [0.15, 0.2) is 0 Å². The third-order valence-corrected chi connectivity index (χ3v) is 1.56. The Morgan fingerprint density at radius 1 is 1.50 bits per heavy atom. The molecule has 0 radical (unpaired) electrons. The van der Waals surface area contributed by atoms with E-state index in [9.17, 15) is 0 Å². The second-order valence-corrected chi connectivity index (χ2v) is 2.79. The summed E-state index contributed by atoms with van der Waals surface area (Å²) in [4.78, 5) is 8.32. The first-order valence-corrected chi connectivity index (χ1v) is 4.68. The molecule has 0 aromatic carbocycles. The van der Waals surface area contributed by atoms with Gasteiger partial charge in [0.2, 0.25) is 5.88 Å². The Balaban J connectivity index is 2.73. The standard InChI is InChI=1S/C9H16N4O/c1-3-14-9-6-8(11-5-4-10)12-7(2)13-9/h6H,3-5,10H2,1-2H3,(H,11,12,13). The molecule has 1 aromatic heterocycles. The van der Waals surface area contributed by atoms with Crippen LogP contribution in [0.25, 0.3) is 0 Å². The van der Waals surface area contributed by atoms with Crippen LogP contribution in [-0.4, -0.2) is 29.7 Å². The third-order valence-electron chi connectivity index (χ3n) is 1.56. The maximum Gasteiger partial charge on any atom is 0.218 e. The second kappa shape index (κ2) is 5.39. The molecule has 0 fully saturated rings. The Kier molecular flexibility index (Phi) is 4.12. The molecule has 0 saturated carbocycles. The van der Waals surface area contributed by atoms with Crippen molar-refractivity contribution in [1.29, 1.82) is 0 Å². The number of ether oxygens (including phenoxy) is 1. The highest BCUT2D eigenvalue weighted by atomic mass is 16.5. The molecule has 5 heteroatoms. The molecular formula is C9H16N4O. The van der Waals surface area contributed by atoms with Crippen LogP contribution in [0.4, 0.5) is 5.82 Å². The van der Waals surface area contributed by atoms with Gasteiger partial charge in [0.05, 0.1) is 6.61 Å². The maximum atomic E-state index is 5.37. The fraction of sp³-hybridized carbons (Fsp3) is 0.556. The van der Waals surface area contributed by atoms with Crippen LogP contribution >= 0.6 is 0 Å². The molecule has 5 nitrogen and oxygen atoms in total. The fourth-order valence-electron chi connectivity index (χ4n) is 1.05. The topological polar surface area (TPSA) is 73.1 Å². The number of hydrogen-bond donors (Lipinski definition) is 2. The van der Waals surface area contributed by atoms with Crippen LogP contribution in [0, 0.1) is 6.92 Å². The van der Waals surface area contributed by atoms with E-state index >= 15 is 0 Å². The molecule has 0 saturated heterocycles. The summed E-state index contributed by atoms with van der Waals surface area (Å²) >= 11 is 0. The van der Waals surface area contributed by atoms with E-state index in [1.54, 1.807) is 6.07 Å². The molecule has 0 aliphatic heterocycles. The molecule has 1 rings (SSSR count). The molecule has 14 heavy (non-hydrogen) atoms. The minimum Gasteiger partial charge on any atom is -0.478 e. The molecule has 0 amide bonds. The van der Waals surface area contributed by atoms with Gasteiger partial charge in [-0.15, -0.1) is 0 Å². The minimum absolute atomic E-state index is 0.576. The molecule has 3 N–H and O–H groups in total. The van der Waals surface area contributed by atoms with E-state index < -0.39 is 0 Å². The van der Waals surface area contributed by atoms with E-state index in [0.29, 0.717) is 31.4 Å².